The van der Waals surface area contributed by atoms with E-state index < -0.39 is 18.0 Å². The molecule has 78 valence electrons. The molecule has 0 aliphatic rings. The molecule has 3 N–H and O–H groups in total. The highest BCUT2D eigenvalue weighted by atomic mass is 35.5. The lowest BCUT2D eigenvalue weighted by Gasteiger charge is -2.17. The number of aliphatic hydroxyl groups is 1. The van der Waals surface area contributed by atoms with Gasteiger partial charge in [-0.25, -0.2) is 4.39 Å². The summed E-state index contributed by atoms with van der Waals surface area (Å²) in [4.78, 5) is 0. The van der Waals surface area contributed by atoms with Crippen molar-refractivity contribution in [1.29, 1.82) is 0 Å². The molecule has 0 spiro atoms. The highest BCUT2D eigenvalue weighted by Crippen LogP contribution is 2.32. The van der Waals surface area contributed by atoms with E-state index in [0.29, 0.717) is 0 Å². The first-order valence-electron chi connectivity index (χ1n) is 4.02. The molecule has 0 fully saturated rings. The van der Waals surface area contributed by atoms with Crippen LogP contribution in [-0.4, -0.2) is 11.2 Å². The Labute approximate surface area is 91.4 Å². The van der Waals surface area contributed by atoms with Gasteiger partial charge in [0.15, 0.2) is 0 Å². The third-order valence-electron chi connectivity index (χ3n) is 1.93. The van der Waals surface area contributed by atoms with Crippen LogP contribution in [0, 0.1) is 5.82 Å². The molecule has 1 aromatic rings. The SMILES string of the molecule is C[C@H](O)[C@H](N)c1c(F)ccc(Cl)c1Cl. The summed E-state index contributed by atoms with van der Waals surface area (Å²) in [6.45, 7) is 1.46. The number of hydrogen-bond donors (Lipinski definition) is 2. The molecule has 0 amide bonds. The molecule has 0 unspecified atom stereocenters. The molecule has 0 saturated heterocycles. The van der Waals surface area contributed by atoms with Gasteiger partial charge in [0, 0.05) is 5.56 Å². The minimum absolute atomic E-state index is 0.0502. The Kier molecular flexibility index (Phi) is 3.72. The topological polar surface area (TPSA) is 46.2 Å². The van der Waals surface area contributed by atoms with Crippen LogP contribution < -0.4 is 5.73 Å². The lowest BCUT2D eigenvalue weighted by atomic mass is 10.0. The molecular weight excluding hydrogens is 228 g/mol. The Morgan fingerprint density at radius 1 is 1.43 bits per heavy atom. The average Bonchev–Trinajstić information content (AvgIpc) is 2.12. The van der Waals surface area contributed by atoms with Crippen molar-refractivity contribution in [3.63, 3.8) is 0 Å². The van der Waals surface area contributed by atoms with Gasteiger partial charge in [0.1, 0.15) is 5.82 Å². The monoisotopic (exact) mass is 237 g/mol. The van der Waals surface area contributed by atoms with Crippen LogP contribution in [0.2, 0.25) is 10.0 Å². The standard InChI is InChI=1S/C9H10Cl2FNO/c1-4(14)9(13)7-6(12)3-2-5(10)8(7)11/h2-4,9,14H,13H2,1H3/t4-,9-/m0/s1. The third kappa shape index (κ3) is 2.17. The lowest BCUT2D eigenvalue weighted by molar-refractivity contribution is 0.162. The third-order valence-corrected chi connectivity index (χ3v) is 2.75. The van der Waals surface area contributed by atoms with Crippen LogP contribution in [0.5, 0.6) is 0 Å². The zero-order valence-electron chi connectivity index (χ0n) is 7.47. The van der Waals surface area contributed by atoms with Gasteiger partial charge >= 0.3 is 0 Å². The van der Waals surface area contributed by atoms with Crippen molar-refractivity contribution in [1.82, 2.24) is 0 Å². The van der Waals surface area contributed by atoms with Crippen LogP contribution in [0.25, 0.3) is 0 Å². The number of nitrogens with two attached hydrogens (primary N) is 1. The van der Waals surface area contributed by atoms with E-state index in [2.05, 4.69) is 0 Å². The smallest absolute Gasteiger partial charge is 0.129 e. The molecule has 0 aliphatic heterocycles. The molecule has 0 saturated carbocycles. The highest BCUT2D eigenvalue weighted by Gasteiger charge is 2.21. The first-order chi connectivity index (χ1) is 6.45. The number of benzene rings is 1. The predicted molar refractivity (Wildman–Crippen MR) is 55.0 cm³/mol. The quantitative estimate of drug-likeness (QED) is 0.777. The fourth-order valence-corrected chi connectivity index (χ4v) is 1.53. The average molecular weight is 238 g/mol. The molecule has 14 heavy (non-hydrogen) atoms. The number of aliphatic hydroxyl groups excluding tert-OH is 1. The Bertz CT molecular complexity index is 344. The largest absolute Gasteiger partial charge is 0.391 e. The van der Waals surface area contributed by atoms with Gasteiger partial charge < -0.3 is 10.8 Å². The van der Waals surface area contributed by atoms with Crippen LogP contribution in [0.3, 0.4) is 0 Å². The highest BCUT2D eigenvalue weighted by molar-refractivity contribution is 6.42. The van der Waals surface area contributed by atoms with E-state index in [1.807, 2.05) is 0 Å². The van der Waals surface area contributed by atoms with Crippen molar-refractivity contribution in [3.05, 3.63) is 33.6 Å². The van der Waals surface area contributed by atoms with E-state index >= 15 is 0 Å². The summed E-state index contributed by atoms with van der Waals surface area (Å²) in [5, 5.41) is 9.50. The zero-order valence-corrected chi connectivity index (χ0v) is 8.98. The normalized spacial score (nSPS) is 15.3. The summed E-state index contributed by atoms with van der Waals surface area (Å²) in [5.41, 5.74) is 5.63. The molecule has 0 aromatic heterocycles. The molecule has 0 heterocycles. The Hall–Kier alpha value is -0.350. The molecule has 0 bridgehead atoms. The van der Waals surface area contributed by atoms with E-state index in [1.165, 1.54) is 19.1 Å². The Balaban J connectivity index is 3.25. The van der Waals surface area contributed by atoms with E-state index in [-0.39, 0.29) is 15.6 Å². The van der Waals surface area contributed by atoms with Gasteiger partial charge in [-0.2, -0.15) is 0 Å². The molecule has 1 aromatic carbocycles. The van der Waals surface area contributed by atoms with Crippen molar-refractivity contribution in [2.75, 3.05) is 0 Å². The molecule has 2 atom stereocenters. The summed E-state index contributed by atoms with van der Waals surface area (Å²) in [6.07, 6.45) is -0.888. The second-order valence-electron chi connectivity index (χ2n) is 3.02. The summed E-state index contributed by atoms with van der Waals surface area (Å²) in [6, 6.07) is 1.64. The molecule has 5 heteroatoms. The maximum absolute atomic E-state index is 13.3. The van der Waals surface area contributed by atoms with Gasteiger partial charge in [0.2, 0.25) is 0 Å². The van der Waals surface area contributed by atoms with Crippen molar-refractivity contribution in [2.24, 2.45) is 5.73 Å². The maximum atomic E-state index is 13.3. The van der Waals surface area contributed by atoms with Crippen LogP contribution in [0.15, 0.2) is 12.1 Å². The van der Waals surface area contributed by atoms with Crippen molar-refractivity contribution in [3.8, 4) is 0 Å². The van der Waals surface area contributed by atoms with Gasteiger partial charge in [-0.1, -0.05) is 23.2 Å². The van der Waals surface area contributed by atoms with Crippen LogP contribution in [-0.2, 0) is 0 Å². The molecular formula is C9H10Cl2FNO. The summed E-state index contributed by atoms with van der Waals surface area (Å²) in [5.74, 6) is -0.562. The second kappa shape index (κ2) is 4.45. The first kappa shape index (κ1) is 11.7. The predicted octanol–water partition coefficient (Wildman–Crippen LogP) is 2.51. The number of hydrogen-bond acceptors (Lipinski definition) is 2. The Morgan fingerprint density at radius 2 is 2.00 bits per heavy atom. The van der Waals surface area contributed by atoms with Gasteiger partial charge in [-0.05, 0) is 19.1 Å². The minimum Gasteiger partial charge on any atom is -0.391 e. The molecule has 0 aliphatic carbocycles. The van der Waals surface area contributed by atoms with Crippen LogP contribution >= 0.6 is 23.2 Å². The zero-order chi connectivity index (χ0) is 10.9. The second-order valence-corrected chi connectivity index (χ2v) is 3.81. The molecule has 0 radical (unpaired) electrons. The molecule has 1 rings (SSSR count). The van der Waals surface area contributed by atoms with E-state index in [4.69, 9.17) is 28.9 Å². The van der Waals surface area contributed by atoms with E-state index in [9.17, 15) is 9.50 Å². The van der Waals surface area contributed by atoms with Crippen molar-refractivity contribution >= 4 is 23.2 Å². The maximum Gasteiger partial charge on any atom is 0.129 e. The fraction of sp³-hybridized carbons (Fsp3) is 0.333. The lowest BCUT2D eigenvalue weighted by Crippen LogP contribution is -2.24. The van der Waals surface area contributed by atoms with Gasteiger partial charge in [0.05, 0.1) is 22.2 Å². The Morgan fingerprint density at radius 3 is 2.50 bits per heavy atom. The number of rotatable bonds is 2. The first-order valence-corrected chi connectivity index (χ1v) is 4.77. The van der Waals surface area contributed by atoms with Crippen LogP contribution in [0.4, 0.5) is 4.39 Å². The minimum atomic E-state index is -0.888. The van der Waals surface area contributed by atoms with Crippen molar-refractivity contribution < 1.29 is 9.50 Å². The summed E-state index contributed by atoms with van der Waals surface area (Å²) < 4.78 is 13.3. The van der Waals surface area contributed by atoms with E-state index in [1.54, 1.807) is 0 Å². The van der Waals surface area contributed by atoms with Crippen LogP contribution in [0.1, 0.15) is 18.5 Å². The summed E-state index contributed by atoms with van der Waals surface area (Å²) >= 11 is 11.5. The van der Waals surface area contributed by atoms with Gasteiger partial charge in [-0.3, -0.25) is 0 Å². The summed E-state index contributed by atoms with van der Waals surface area (Å²) in [7, 11) is 0. The van der Waals surface area contributed by atoms with Crippen molar-refractivity contribution in [2.45, 2.75) is 19.1 Å². The number of halogens is 3. The fourth-order valence-electron chi connectivity index (χ4n) is 1.09. The van der Waals surface area contributed by atoms with E-state index in [0.717, 1.165) is 0 Å². The molecule has 2 nitrogen and oxygen atoms in total. The van der Waals surface area contributed by atoms with Gasteiger partial charge in [0.25, 0.3) is 0 Å². The van der Waals surface area contributed by atoms with Gasteiger partial charge in [-0.15, -0.1) is 0 Å².